The van der Waals surface area contributed by atoms with Crippen molar-refractivity contribution in [2.24, 2.45) is 0 Å². The number of anilines is 1. The Hall–Kier alpha value is -2.57. The number of para-hydroxylation sites is 1. The van der Waals surface area contributed by atoms with E-state index < -0.39 is 12.1 Å². The van der Waals surface area contributed by atoms with Crippen molar-refractivity contribution in [3.05, 3.63) is 30.3 Å². The molecule has 1 aromatic carbocycles. The Labute approximate surface area is 135 Å². The van der Waals surface area contributed by atoms with Crippen molar-refractivity contribution in [3.63, 3.8) is 0 Å². The quantitative estimate of drug-likeness (QED) is 0.671. The van der Waals surface area contributed by atoms with Crippen LogP contribution in [0.2, 0.25) is 0 Å². The van der Waals surface area contributed by atoms with E-state index in [4.69, 9.17) is 0 Å². The van der Waals surface area contributed by atoms with Crippen LogP contribution in [0.15, 0.2) is 30.3 Å². The zero-order valence-electron chi connectivity index (χ0n) is 13.2. The van der Waals surface area contributed by atoms with Crippen LogP contribution in [-0.2, 0) is 9.59 Å². The van der Waals surface area contributed by atoms with Gasteiger partial charge in [-0.05, 0) is 25.0 Å². The Morgan fingerprint density at radius 1 is 1.30 bits per heavy atom. The Balaban J connectivity index is 1.70. The molecule has 23 heavy (non-hydrogen) atoms. The maximum Gasteiger partial charge on any atom is 0.322 e. The van der Waals surface area contributed by atoms with Gasteiger partial charge in [-0.3, -0.25) is 14.9 Å². The highest BCUT2D eigenvalue weighted by Gasteiger charge is 2.25. The van der Waals surface area contributed by atoms with E-state index in [1.807, 2.05) is 37.4 Å². The topological polar surface area (TPSA) is 90.5 Å². The highest BCUT2D eigenvalue weighted by atomic mass is 16.2. The van der Waals surface area contributed by atoms with Crippen molar-refractivity contribution >= 4 is 23.5 Å². The van der Waals surface area contributed by atoms with Crippen molar-refractivity contribution < 1.29 is 14.4 Å². The molecule has 1 fully saturated rings. The molecule has 1 aromatic rings. The van der Waals surface area contributed by atoms with Crippen molar-refractivity contribution in [1.82, 2.24) is 16.0 Å². The highest BCUT2D eigenvalue weighted by molar-refractivity contribution is 5.98. The van der Waals surface area contributed by atoms with E-state index in [9.17, 15) is 14.4 Å². The fraction of sp³-hybridized carbons (Fsp3) is 0.438. The second-order valence-corrected chi connectivity index (χ2v) is 5.51. The van der Waals surface area contributed by atoms with Crippen LogP contribution in [0.3, 0.4) is 0 Å². The first-order valence-corrected chi connectivity index (χ1v) is 7.70. The summed E-state index contributed by atoms with van der Waals surface area (Å²) in [6.07, 6.45) is 1.26. The summed E-state index contributed by atoms with van der Waals surface area (Å²) in [5.41, 5.74) is 1.12. The lowest BCUT2D eigenvalue weighted by Crippen LogP contribution is -2.48. The minimum atomic E-state index is -0.659. The lowest BCUT2D eigenvalue weighted by molar-refractivity contribution is -0.123. The molecule has 4 amide bonds. The van der Waals surface area contributed by atoms with Crippen molar-refractivity contribution in [2.75, 3.05) is 25.0 Å². The lowest BCUT2D eigenvalue weighted by Gasteiger charge is -2.20. The summed E-state index contributed by atoms with van der Waals surface area (Å²) < 4.78 is 0. The predicted octanol–water partition coefficient (Wildman–Crippen LogP) is 0.617. The molecule has 1 atom stereocenters. The zero-order chi connectivity index (χ0) is 16.7. The number of nitrogens with one attached hydrogen (secondary N) is 3. The van der Waals surface area contributed by atoms with Gasteiger partial charge in [0.15, 0.2) is 0 Å². The second-order valence-electron chi connectivity index (χ2n) is 5.51. The maximum absolute atomic E-state index is 12.0. The summed E-state index contributed by atoms with van der Waals surface area (Å²) in [5.74, 6) is -0.612. The number of nitrogens with zero attached hydrogens (tertiary/aromatic N) is 1. The van der Waals surface area contributed by atoms with Gasteiger partial charge < -0.3 is 15.5 Å². The molecule has 1 aliphatic rings. The van der Waals surface area contributed by atoms with Crippen LogP contribution in [-0.4, -0.2) is 44.0 Å². The van der Waals surface area contributed by atoms with Crippen LogP contribution < -0.4 is 20.9 Å². The molecule has 0 saturated carbocycles. The van der Waals surface area contributed by atoms with E-state index >= 15 is 0 Å². The third kappa shape index (κ3) is 5.28. The standard InChI is InChI=1S/C16H22N4O3/c1-20(12-6-3-2-4-7-12)11-5-10-17-15(22)13-8-9-14(21)19-16(23)18-13/h2-4,6-7,13H,5,8-11H2,1H3,(H,17,22)(H2,18,19,21,23)/t13-/m0/s1. The smallest absolute Gasteiger partial charge is 0.322 e. The highest BCUT2D eigenvalue weighted by Crippen LogP contribution is 2.10. The van der Waals surface area contributed by atoms with Crippen molar-refractivity contribution in [3.8, 4) is 0 Å². The summed E-state index contributed by atoms with van der Waals surface area (Å²) >= 11 is 0. The average molecular weight is 318 g/mol. The third-order valence-electron chi connectivity index (χ3n) is 3.70. The summed E-state index contributed by atoms with van der Waals surface area (Å²) in [4.78, 5) is 36.7. The van der Waals surface area contributed by atoms with Crippen LogP contribution in [0.1, 0.15) is 19.3 Å². The normalized spacial score (nSPS) is 17.7. The van der Waals surface area contributed by atoms with Crippen LogP contribution in [0.5, 0.6) is 0 Å². The molecule has 0 aromatic heterocycles. The van der Waals surface area contributed by atoms with E-state index in [1.165, 1.54) is 0 Å². The largest absolute Gasteiger partial charge is 0.375 e. The van der Waals surface area contributed by atoms with Gasteiger partial charge in [0.1, 0.15) is 6.04 Å². The van der Waals surface area contributed by atoms with Gasteiger partial charge in [-0.2, -0.15) is 0 Å². The first kappa shape index (κ1) is 16.8. The van der Waals surface area contributed by atoms with Gasteiger partial charge in [0.2, 0.25) is 11.8 Å². The molecule has 1 aliphatic heterocycles. The summed E-state index contributed by atoms with van der Waals surface area (Å²) in [5, 5.41) is 7.45. The van der Waals surface area contributed by atoms with E-state index in [2.05, 4.69) is 20.9 Å². The number of rotatable bonds is 6. The fourth-order valence-electron chi connectivity index (χ4n) is 2.39. The lowest BCUT2D eigenvalue weighted by atomic mass is 10.1. The number of imide groups is 1. The molecule has 0 unspecified atom stereocenters. The molecule has 7 nitrogen and oxygen atoms in total. The number of hydrogen-bond acceptors (Lipinski definition) is 4. The monoisotopic (exact) mass is 318 g/mol. The molecule has 1 saturated heterocycles. The van der Waals surface area contributed by atoms with Gasteiger partial charge in [-0.1, -0.05) is 18.2 Å². The molecule has 3 N–H and O–H groups in total. The van der Waals surface area contributed by atoms with Gasteiger partial charge in [0, 0.05) is 32.2 Å². The Morgan fingerprint density at radius 2 is 2.04 bits per heavy atom. The molecule has 0 spiro atoms. The Bertz CT molecular complexity index is 562. The number of amides is 4. The number of carbonyl (C=O) groups is 3. The van der Waals surface area contributed by atoms with Gasteiger partial charge in [-0.15, -0.1) is 0 Å². The SMILES string of the molecule is CN(CCCNC(=O)[C@@H]1CCC(=O)NC(=O)N1)c1ccccc1. The van der Waals surface area contributed by atoms with Crippen LogP contribution in [0.4, 0.5) is 10.5 Å². The first-order valence-electron chi connectivity index (χ1n) is 7.70. The molecule has 7 heteroatoms. The molecule has 0 radical (unpaired) electrons. The maximum atomic E-state index is 12.0. The minimum Gasteiger partial charge on any atom is -0.375 e. The van der Waals surface area contributed by atoms with E-state index in [-0.39, 0.29) is 18.2 Å². The Morgan fingerprint density at radius 3 is 2.78 bits per heavy atom. The molecule has 1 heterocycles. The van der Waals surface area contributed by atoms with Gasteiger partial charge >= 0.3 is 6.03 Å². The summed E-state index contributed by atoms with van der Waals surface area (Å²) in [6.45, 7) is 1.32. The van der Waals surface area contributed by atoms with Crippen molar-refractivity contribution in [2.45, 2.75) is 25.3 Å². The molecule has 0 bridgehead atoms. The van der Waals surface area contributed by atoms with Gasteiger partial charge in [-0.25, -0.2) is 4.79 Å². The van der Waals surface area contributed by atoms with E-state index in [0.29, 0.717) is 13.0 Å². The van der Waals surface area contributed by atoms with Gasteiger partial charge in [0.05, 0.1) is 0 Å². The minimum absolute atomic E-state index is 0.160. The predicted molar refractivity (Wildman–Crippen MR) is 87.0 cm³/mol. The Kier molecular flexibility index (Phi) is 5.96. The summed E-state index contributed by atoms with van der Waals surface area (Å²) in [6, 6.07) is 8.73. The molecule has 0 aliphatic carbocycles. The molecular weight excluding hydrogens is 296 g/mol. The van der Waals surface area contributed by atoms with Crippen molar-refractivity contribution in [1.29, 1.82) is 0 Å². The first-order chi connectivity index (χ1) is 11.1. The van der Waals surface area contributed by atoms with Crippen LogP contribution in [0.25, 0.3) is 0 Å². The average Bonchev–Trinajstić information content (AvgIpc) is 2.72. The number of urea groups is 1. The summed E-state index contributed by atoms with van der Waals surface area (Å²) in [7, 11) is 2.00. The third-order valence-corrected chi connectivity index (χ3v) is 3.70. The molecular formula is C16H22N4O3. The van der Waals surface area contributed by atoms with E-state index in [0.717, 1.165) is 18.7 Å². The second kappa shape index (κ2) is 8.17. The molecule has 2 rings (SSSR count). The number of hydrogen-bond donors (Lipinski definition) is 3. The van der Waals surface area contributed by atoms with Gasteiger partial charge in [0.25, 0.3) is 0 Å². The van der Waals surface area contributed by atoms with E-state index in [1.54, 1.807) is 0 Å². The zero-order valence-corrected chi connectivity index (χ0v) is 13.2. The van der Waals surface area contributed by atoms with Crippen LogP contribution >= 0.6 is 0 Å². The fourth-order valence-corrected chi connectivity index (χ4v) is 2.39. The number of carbonyl (C=O) groups excluding carboxylic acids is 3. The molecule has 124 valence electrons. The number of benzene rings is 1. The van der Waals surface area contributed by atoms with Crippen LogP contribution in [0, 0.1) is 0 Å².